The van der Waals surface area contributed by atoms with E-state index in [-0.39, 0.29) is 12.6 Å². The Morgan fingerprint density at radius 3 is 2.52 bits per heavy atom. The van der Waals surface area contributed by atoms with Crippen molar-refractivity contribution in [3.63, 3.8) is 0 Å². The van der Waals surface area contributed by atoms with Crippen molar-refractivity contribution in [2.45, 2.75) is 32.7 Å². The van der Waals surface area contributed by atoms with Crippen LogP contribution in [0.1, 0.15) is 38.3 Å². The van der Waals surface area contributed by atoms with E-state index in [1.54, 1.807) is 46.4 Å². The highest BCUT2D eigenvalue weighted by atomic mass is 16.5. The standard InChI is InChI=1S/C23H33N3O5/c1-6-31-22(27)20-18(14-26-11-9-15(2)10-12-26)25(3)23(28)24-21(20)17-13-16(29-4)7-8-19(17)30-5/h7-8,13,15,21H,6,9-12,14H2,1-5H3,(H,24,28)/t21-/m0/s1. The van der Waals surface area contributed by atoms with Gasteiger partial charge in [0, 0.05) is 24.9 Å². The van der Waals surface area contributed by atoms with Gasteiger partial charge in [-0.25, -0.2) is 9.59 Å². The number of esters is 1. The van der Waals surface area contributed by atoms with E-state index in [0.29, 0.717) is 40.8 Å². The number of likely N-dealkylation sites (N-methyl/N-ethyl adjacent to an activating group) is 1. The Kier molecular flexibility index (Phi) is 7.43. The number of hydrogen-bond donors (Lipinski definition) is 1. The van der Waals surface area contributed by atoms with Gasteiger partial charge in [-0.1, -0.05) is 6.92 Å². The Balaban J connectivity index is 2.09. The van der Waals surface area contributed by atoms with Gasteiger partial charge in [-0.15, -0.1) is 0 Å². The summed E-state index contributed by atoms with van der Waals surface area (Å²) in [4.78, 5) is 29.9. The molecule has 1 fully saturated rings. The number of ether oxygens (including phenoxy) is 3. The summed E-state index contributed by atoms with van der Waals surface area (Å²) in [7, 11) is 4.82. The van der Waals surface area contributed by atoms with Crippen LogP contribution in [0.4, 0.5) is 4.79 Å². The molecule has 2 aliphatic heterocycles. The Morgan fingerprint density at radius 2 is 1.90 bits per heavy atom. The lowest BCUT2D eigenvalue weighted by Gasteiger charge is -2.38. The molecule has 8 nitrogen and oxygen atoms in total. The van der Waals surface area contributed by atoms with Crippen molar-refractivity contribution < 1.29 is 23.8 Å². The summed E-state index contributed by atoms with van der Waals surface area (Å²) in [5.74, 6) is 1.42. The van der Waals surface area contributed by atoms with Crippen LogP contribution in [0, 0.1) is 5.92 Å². The maximum absolute atomic E-state index is 13.1. The Labute approximate surface area is 184 Å². The zero-order valence-electron chi connectivity index (χ0n) is 19.1. The van der Waals surface area contributed by atoms with Crippen molar-refractivity contribution in [3.05, 3.63) is 35.0 Å². The molecule has 2 aliphatic rings. The molecule has 31 heavy (non-hydrogen) atoms. The molecule has 0 aromatic heterocycles. The number of nitrogens with one attached hydrogen (secondary N) is 1. The number of hydrogen-bond acceptors (Lipinski definition) is 6. The number of urea groups is 1. The molecule has 2 amide bonds. The molecule has 0 radical (unpaired) electrons. The van der Waals surface area contributed by atoms with E-state index in [1.165, 1.54) is 4.90 Å². The molecule has 3 rings (SSSR count). The van der Waals surface area contributed by atoms with Crippen LogP contribution in [0.15, 0.2) is 29.5 Å². The molecule has 170 valence electrons. The van der Waals surface area contributed by atoms with Crippen LogP contribution in [-0.2, 0) is 9.53 Å². The molecule has 1 atom stereocenters. The highest BCUT2D eigenvalue weighted by molar-refractivity contribution is 5.95. The quantitative estimate of drug-likeness (QED) is 0.669. The first-order valence-electron chi connectivity index (χ1n) is 10.8. The predicted molar refractivity (Wildman–Crippen MR) is 117 cm³/mol. The van der Waals surface area contributed by atoms with E-state index in [2.05, 4.69) is 17.1 Å². The van der Waals surface area contributed by atoms with E-state index in [0.717, 1.165) is 25.9 Å². The van der Waals surface area contributed by atoms with Crippen molar-refractivity contribution in [1.29, 1.82) is 0 Å². The average molecular weight is 432 g/mol. The van der Waals surface area contributed by atoms with Crippen LogP contribution in [-0.4, -0.2) is 69.3 Å². The van der Waals surface area contributed by atoms with Crippen LogP contribution in [0.3, 0.4) is 0 Å². The van der Waals surface area contributed by atoms with E-state index in [4.69, 9.17) is 14.2 Å². The highest BCUT2D eigenvalue weighted by Crippen LogP contribution is 2.38. The fourth-order valence-corrected chi connectivity index (χ4v) is 4.13. The molecule has 2 heterocycles. The number of methoxy groups -OCH3 is 2. The van der Waals surface area contributed by atoms with Gasteiger partial charge in [-0.05, 0) is 57.0 Å². The number of likely N-dealkylation sites (tertiary alicyclic amines) is 1. The fraction of sp³-hybridized carbons (Fsp3) is 0.565. The Bertz CT molecular complexity index is 846. The molecule has 0 bridgehead atoms. The highest BCUT2D eigenvalue weighted by Gasteiger charge is 2.39. The third kappa shape index (κ3) is 4.95. The number of carbonyl (C=O) groups excluding carboxylic acids is 2. The van der Waals surface area contributed by atoms with Crippen molar-refractivity contribution >= 4 is 12.0 Å². The summed E-state index contributed by atoms with van der Waals surface area (Å²) >= 11 is 0. The third-order valence-electron chi connectivity index (χ3n) is 6.07. The molecule has 0 aliphatic carbocycles. The molecule has 1 aromatic rings. The minimum atomic E-state index is -0.702. The summed E-state index contributed by atoms with van der Waals surface area (Å²) in [6.45, 7) is 6.65. The molecule has 0 unspecified atom stereocenters. The lowest BCUT2D eigenvalue weighted by Crippen LogP contribution is -2.50. The second kappa shape index (κ2) is 10.0. The number of amides is 2. The summed E-state index contributed by atoms with van der Waals surface area (Å²) in [5, 5.41) is 2.95. The molecule has 1 aromatic carbocycles. The van der Waals surface area contributed by atoms with Gasteiger partial charge in [0.25, 0.3) is 0 Å². The van der Waals surface area contributed by atoms with Crippen LogP contribution in [0.5, 0.6) is 11.5 Å². The largest absolute Gasteiger partial charge is 0.497 e. The average Bonchev–Trinajstić information content (AvgIpc) is 2.77. The number of rotatable bonds is 7. The van der Waals surface area contributed by atoms with Crippen LogP contribution in [0.2, 0.25) is 0 Å². The first-order chi connectivity index (χ1) is 14.9. The van der Waals surface area contributed by atoms with Gasteiger partial charge >= 0.3 is 12.0 Å². The number of carbonyl (C=O) groups is 2. The van der Waals surface area contributed by atoms with Crippen molar-refractivity contribution in [3.8, 4) is 11.5 Å². The molecule has 0 saturated carbocycles. The Morgan fingerprint density at radius 1 is 1.19 bits per heavy atom. The molecule has 8 heteroatoms. The zero-order chi connectivity index (χ0) is 22.5. The predicted octanol–water partition coefficient (Wildman–Crippen LogP) is 2.95. The topological polar surface area (TPSA) is 80.3 Å². The minimum Gasteiger partial charge on any atom is -0.497 e. The lowest BCUT2D eigenvalue weighted by atomic mass is 9.92. The second-order valence-corrected chi connectivity index (χ2v) is 8.09. The van der Waals surface area contributed by atoms with Gasteiger partial charge in [0.2, 0.25) is 0 Å². The first kappa shape index (κ1) is 22.9. The first-order valence-corrected chi connectivity index (χ1v) is 10.8. The van der Waals surface area contributed by atoms with E-state index in [9.17, 15) is 9.59 Å². The fourth-order valence-electron chi connectivity index (χ4n) is 4.13. The van der Waals surface area contributed by atoms with Gasteiger partial charge in [-0.3, -0.25) is 9.80 Å². The summed E-state index contributed by atoms with van der Waals surface area (Å²) in [6.07, 6.45) is 2.20. The number of nitrogens with zero attached hydrogens (tertiary/aromatic N) is 2. The van der Waals surface area contributed by atoms with Crippen molar-refractivity contribution in [1.82, 2.24) is 15.1 Å². The minimum absolute atomic E-state index is 0.246. The maximum Gasteiger partial charge on any atom is 0.338 e. The number of benzene rings is 1. The van der Waals surface area contributed by atoms with Crippen molar-refractivity contribution in [2.75, 3.05) is 47.5 Å². The lowest BCUT2D eigenvalue weighted by molar-refractivity contribution is -0.139. The smallest absolute Gasteiger partial charge is 0.338 e. The van der Waals surface area contributed by atoms with Crippen LogP contribution >= 0.6 is 0 Å². The third-order valence-corrected chi connectivity index (χ3v) is 6.07. The van der Waals surface area contributed by atoms with Gasteiger partial charge in [0.05, 0.1) is 32.4 Å². The SMILES string of the molecule is CCOC(=O)C1=C(CN2CCC(C)CC2)N(C)C(=O)N[C@H]1c1cc(OC)ccc1OC. The monoisotopic (exact) mass is 431 g/mol. The Hall–Kier alpha value is -2.74. The molecule has 0 spiro atoms. The molecule has 1 saturated heterocycles. The zero-order valence-corrected chi connectivity index (χ0v) is 19.1. The summed E-state index contributed by atoms with van der Waals surface area (Å²) < 4.78 is 16.3. The normalized spacial score (nSPS) is 20.5. The van der Waals surface area contributed by atoms with Crippen LogP contribution in [0.25, 0.3) is 0 Å². The number of piperidine rings is 1. The van der Waals surface area contributed by atoms with E-state index in [1.807, 2.05) is 0 Å². The molecule has 1 N–H and O–H groups in total. The summed E-state index contributed by atoms with van der Waals surface area (Å²) in [6, 6.07) is 4.36. The van der Waals surface area contributed by atoms with Gasteiger partial charge in [0.1, 0.15) is 11.5 Å². The van der Waals surface area contributed by atoms with Crippen LogP contribution < -0.4 is 14.8 Å². The van der Waals surface area contributed by atoms with Gasteiger partial charge in [0.15, 0.2) is 0 Å². The maximum atomic E-state index is 13.1. The van der Waals surface area contributed by atoms with Gasteiger partial charge in [-0.2, -0.15) is 0 Å². The summed E-state index contributed by atoms with van der Waals surface area (Å²) in [5.41, 5.74) is 1.73. The van der Waals surface area contributed by atoms with Crippen molar-refractivity contribution in [2.24, 2.45) is 5.92 Å². The van der Waals surface area contributed by atoms with E-state index < -0.39 is 12.0 Å². The molecular formula is C23H33N3O5. The second-order valence-electron chi connectivity index (χ2n) is 8.09. The van der Waals surface area contributed by atoms with Gasteiger partial charge < -0.3 is 19.5 Å². The molecular weight excluding hydrogens is 398 g/mol. The van der Waals surface area contributed by atoms with E-state index >= 15 is 0 Å².